The monoisotopic (exact) mass is 541 g/mol. The minimum atomic E-state index is -4.49. The number of pyridine rings is 1. The molecular weight excluding hydrogens is 507 g/mol. The second kappa shape index (κ2) is 10.4. The molecule has 4 N–H and O–H groups in total. The van der Waals surface area contributed by atoms with Crippen LogP contribution in [0.15, 0.2) is 42.7 Å². The Labute approximate surface area is 226 Å². The lowest BCUT2D eigenvalue weighted by molar-refractivity contribution is -0.181. The van der Waals surface area contributed by atoms with E-state index in [0.29, 0.717) is 5.69 Å². The number of hydrogen-bond acceptors (Lipinski definition) is 7. The molecule has 0 spiro atoms. The fourth-order valence-electron chi connectivity index (χ4n) is 4.39. The van der Waals surface area contributed by atoms with Crippen LogP contribution in [0.4, 0.5) is 36.3 Å². The van der Waals surface area contributed by atoms with Gasteiger partial charge in [0.2, 0.25) is 5.95 Å². The van der Waals surface area contributed by atoms with Gasteiger partial charge in [-0.25, -0.2) is 4.98 Å². The van der Waals surface area contributed by atoms with Crippen molar-refractivity contribution >= 4 is 29.0 Å². The van der Waals surface area contributed by atoms with E-state index in [-0.39, 0.29) is 34.5 Å². The summed E-state index contributed by atoms with van der Waals surface area (Å²) in [5, 5.41) is 12.4. The van der Waals surface area contributed by atoms with Gasteiger partial charge in [0.05, 0.1) is 5.69 Å². The average molecular weight is 542 g/mol. The van der Waals surface area contributed by atoms with E-state index in [2.05, 4.69) is 56.1 Å². The third-order valence-corrected chi connectivity index (χ3v) is 6.80. The first kappa shape index (κ1) is 28.3. The zero-order chi connectivity index (χ0) is 28.6. The van der Waals surface area contributed by atoms with E-state index in [9.17, 15) is 18.0 Å². The number of carbonyl (C=O) groups is 1. The van der Waals surface area contributed by atoms with E-state index in [0.717, 1.165) is 32.6 Å². The van der Waals surface area contributed by atoms with Crippen molar-refractivity contribution in [2.24, 2.45) is 0 Å². The fourth-order valence-corrected chi connectivity index (χ4v) is 4.39. The van der Waals surface area contributed by atoms with Gasteiger partial charge in [-0.3, -0.25) is 9.78 Å². The van der Waals surface area contributed by atoms with E-state index in [4.69, 9.17) is 0 Å². The minimum absolute atomic E-state index is 0.00913. The van der Waals surface area contributed by atoms with Gasteiger partial charge in [0.15, 0.2) is 0 Å². The molecule has 0 unspecified atom stereocenters. The highest BCUT2D eigenvalue weighted by molar-refractivity contribution is 5.99. The first-order chi connectivity index (χ1) is 18.2. The van der Waals surface area contributed by atoms with Gasteiger partial charge in [-0.2, -0.15) is 18.2 Å². The van der Waals surface area contributed by atoms with Crippen LogP contribution < -0.4 is 21.3 Å². The van der Waals surface area contributed by atoms with Crippen molar-refractivity contribution < 1.29 is 18.0 Å². The molecule has 1 aliphatic heterocycles. The number of benzene rings is 1. The van der Waals surface area contributed by atoms with E-state index in [1.165, 1.54) is 35.7 Å². The molecule has 1 aromatic carbocycles. The molecule has 2 aromatic heterocycles. The zero-order valence-corrected chi connectivity index (χ0v) is 22.9. The number of halogens is 3. The molecule has 208 valence electrons. The molecule has 0 atom stereocenters. The lowest BCUT2D eigenvalue weighted by Gasteiger charge is -2.33. The van der Waals surface area contributed by atoms with Gasteiger partial charge in [0.25, 0.3) is 5.91 Å². The third kappa shape index (κ3) is 6.13. The largest absolute Gasteiger partial charge is 0.399 e. The molecule has 0 saturated carbocycles. The Balaban J connectivity index is 1.67. The molecule has 0 saturated heterocycles. The molecule has 0 aliphatic carbocycles. The zero-order valence-electron chi connectivity index (χ0n) is 22.9. The predicted octanol–water partition coefficient (Wildman–Crippen LogP) is 5.72. The maximum absolute atomic E-state index is 13.6. The quantitative estimate of drug-likeness (QED) is 0.303. The Morgan fingerprint density at radius 2 is 1.77 bits per heavy atom. The highest BCUT2D eigenvalue weighted by Gasteiger charge is 2.49. The summed E-state index contributed by atoms with van der Waals surface area (Å²) in [6, 6.07) is 8.77. The van der Waals surface area contributed by atoms with Crippen molar-refractivity contribution in [2.75, 3.05) is 17.2 Å². The maximum Gasteiger partial charge on any atom is 0.399 e. The molecule has 3 aromatic rings. The summed E-state index contributed by atoms with van der Waals surface area (Å²) >= 11 is 0. The van der Waals surface area contributed by atoms with Crippen molar-refractivity contribution in [3.8, 4) is 0 Å². The van der Waals surface area contributed by atoms with Gasteiger partial charge in [-0.15, -0.1) is 0 Å². The van der Waals surface area contributed by atoms with Gasteiger partial charge in [-0.1, -0.05) is 19.9 Å². The predicted molar refractivity (Wildman–Crippen MR) is 146 cm³/mol. The summed E-state index contributed by atoms with van der Waals surface area (Å²) in [6.07, 6.45) is -1.81. The summed E-state index contributed by atoms with van der Waals surface area (Å²) < 4.78 is 40.9. The summed E-state index contributed by atoms with van der Waals surface area (Å²) in [5.41, 5.74) is 1.35. The number of nitrogens with zero attached hydrogens (tertiary/aromatic N) is 3. The van der Waals surface area contributed by atoms with Crippen molar-refractivity contribution in [2.45, 2.75) is 71.1 Å². The normalized spacial score (nSPS) is 15.0. The van der Waals surface area contributed by atoms with Crippen LogP contribution in [0.5, 0.6) is 0 Å². The summed E-state index contributed by atoms with van der Waals surface area (Å²) in [6.45, 7) is 11.8. The molecule has 1 amide bonds. The van der Waals surface area contributed by atoms with E-state index >= 15 is 0 Å². The van der Waals surface area contributed by atoms with Gasteiger partial charge in [-0.05, 0) is 63.1 Å². The maximum atomic E-state index is 13.6. The number of anilines is 4. The Morgan fingerprint density at radius 1 is 1.05 bits per heavy atom. The molecule has 0 radical (unpaired) electrons. The standard InChI is InChI=1S/C28H34F3N7O/c1-16(2)35-24(39)20-14-34-25(37-18-7-8-21-17(11-18)13-32-15-26(21,3)4)38-23(20)36-19-9-10-33-22(12-19)27(5,6)28(29,30)31/h7-12,14,16,32H,13,15H2,1-6H3,(H,35,39)(H2,33,34,36,37,38). The molecular formula is C28H34F3N7O. The second-order valence-electron chi connectivity index (χ2n) is 11.2. The molecule has 3 heterocycles. The average Bonchev–Trinajstić information content (AvgIpc) is 2.83. The van der Waals surface area contributed by atoms with Gasteiger partial charge >= 0.3 is 6.18 Å². The number of amides is 1. The number of carbonyl (C=O) groups excluding carboxylic acids is 1. The van der Waals surface area contributed by atoms with Crippen molar-refractivity contribution in [1.29, 1.82) is 0 Å². The SMILES string of the molecule is CC(C)NC(=O)c1cnc(Nc2ccc3c(c2)CNCC3(C)C)nc1Nc1ccnc(C(C)(C)C(F)(F)F)c1. The minimum Gasteiger partial charge on any atom is -0.350 e. The Kier molecular flexibility index (Phi) is 7.57. The van der Waals surface area contributed by atoms with Crippen molar-refractivity contribution in [3.05, 3.63) is 65.1 Å². The van der Waals surface area contributed by atoms with E-state index in [1.807, 2.05) is 26.0 Å². The first-order valence-corrected chi connectivity index (χ1v) is 12.8. The third-order valence-electron chi connectivity index (χ3n) is 6.80. The summed E-state index contributed by atoms with van der Waals surface area (Å²) in [7, 11) is 0. The van der Waals surface area contributed by atoms with Gasteiger partial charge < -0.3 is 21.3 Å². The molecule has 39 heavy (non-hydrogen) atoms. The van der Waals surface area contributed by atoms with E-state index in [1.54, 1.807) is 0 Å². The van der Waals surface area contributed by atoms with Gasteiger partial charge in [0, 0.05) is 48.3 Å². The van der Waals surface area contributed by atoms with Crippen molar-refractivity contribution in [1.82, 2.24) is 25.6 Å². The van der Waals surface area contributed by atoms with Gasteiger partial charge in [0.1, 0.15) is 16.8 Å². The fraction of sp³-hybridized carbons (Fsp3) is 0.429. The van der Waals surface area contributed by atoms with Crippen LogP contribution in [0.1, 0.15) is 68.7 Å². The van der Waals surface area contributed by atoms with Crippen LogP contribution in [-0.2, 0) is 17.4 Å². The summed E-state index contributed by atoms with van der Waals surface area (Å²) in [4.78, 5) is 25.7. The molecule has 11 heteroatoms. The lowest BCUT2D eigenvalue weighted by Crippen LogP contribution is -2.38. The van der Waals surface area contributed by atoms with Crippen LogP contribution in [0.25, 0.3) is 0 Å². The number of aromatic nitrogens is 3. The van der Waals surface area contributed by atoms with Crippen LogP contribution in [0.2, 0.25) is 0 Å². The summed E-state index contributed by atoms with van der Waals surface area (Å²) in [5.74, 6) is -0.0362. The highest BCUT2D eigenvalue weighted by atomic mass is 19.4. The molecule has 8 nitrogen and oxygen atoms in total. The Morgan fingerprint density at radius 3 is 2.46 bits per heavy atom. The van der Waals surface area contributed by atoms with Crippen LogP contribution in [-0.4, -0.2) is 39.6 Å². The molecule has 1 aliphatic rings. The highest BCUT2D eigenvalue weighted by Crippen LogP contribution is 2.40. The van der Waals surface area contributed by atoms with Crippen LogP contribution in [0, 0.1) is 0 Å². The second-order valence-corrected chi connectivity index (χ2v) is 11.2. The van der Waals surface area contributed by atoms with E-state index < -0.39 is 17.5 Å². The molecule has 4 rings (SSSR count). The molecule has 0 bridgehead atoms. The molecule has 0 fully saturated rings. The number of hydrogen-bond donors (Lipinski definition) is 4. The first-order valence-electron chi connectivity index (χ1n) is 12.8. The Bertz CT molecular complexity index is 1370. The Hall–Kier alpha value is -3.73. The van der Waals surface area contributed by atoms with Crippen molar-refractivity contribution in [3.63, 3.8) is 0 Å². The lowest BCUT2D eigenvalue weighted by atomic mass is 9.79. The number of nitrogens with one attached hydrogen (secondary N) is 4. The number of rotatable bonds is 7. The number of fused-ring (bicyclic) bond motifs is 1. The number of alkyl halides is 3. The smallest absolute Gasteiger partial charge is 0.350 e. The van der Waals surface area contributed by atoms with Crippen LogP contribution in [0.3, 0.4) is 0 Å². The topological polar surface area (TPSA) is 104 Å². The van der Waals surface area contributed by atoms with Crippen LogP contribution >= 0.6 is 0 Å².